The standard InChI is InChI=1S/C22H23N3O4/c26-19-6-5-13(10-20(19)27)16-9-14-11-24(12-17(14)16)7-8-25-21(28)15-3-1-2-4-18(15)23-22(25)29/h1-6,10,14,16-17,26-27H,7-9,11-12H2,(H,23,29). The van der Waals surface area contributed by atoms with Crippen LogP contribution >= 0.6 is 0 Å². The van der Waals surface area contributed by atoms with Gasteiger partial charge in [-0.1, -0.05) is 18.2 Å². The topological polar surface area (TPSA) is 98.6 Å². The van der Waals surface area contributed by atoms with Crippen LogP contribution in [-0.4, -0.2) is 44.3 Å². The van der Waals surface area contributed by atoms with Crippen LogP contribution in [0, 0.1) is 11.8 Å². The maximum Gasteiger partial charge on any atom is 0.328 e. The molecule has 2 aliphatic rings. The zero-order chi connectivity index (χ0) is 20.1. The molecule has 7 nitrogen and oxygen atoms in total. The van der Waals surface area contributed by atoms with Gasteiger partial charge in [-0.2, -0.15) is 0 Å². The second-order valence-electron chi connectivity index (χ2n) is 8.21. The summed E-state index contributed by atoms with van der Waals surface area (Å²) >= 11 is 0. The Bertz CT molecular complexity index is 1200. The summed E-state index contributed by atoms with van der Waals surface area (Å²) < 4.78 is 1.29. The lowest BCUT2D eigenvalue weighted by Crippen LogP contribution is -2.38. The fourth-order valence-electron chi connectivity index (χ4n) is 4.98. The lowest BCUT2D eigenvalue weighted by Gasteiger charge is -2.40. The van der Waals surface area contributed by atoms with Crippen molar-refractivity contribution < 1.29 is 10.2 Å². The van der Waals surface area contributed by atoms with Gasteiger partial charge in [0.05, 0.1) is 10.9 Å². The molecule has 29 heavy (non-hydrogen) atoms. The van der Waals surface area contributed by atoms with Gasteiger partial charge < -0.3 is 20.1 Å². The fourth-order valence-corrected chi connectivity index (χ4v) is 4.98. The minimum absolute atomic E-state index is 0.0734. The van der Waals surface area contributed by atoms with Gasteiger partial charge in [0.15, 0.2) is 11.5 Å². The zero-order valence-electron chi connectivity index (χ0n) is 15.9. The molecule has 1 aliphatic heterocycles. The number of H-pyrrole nitrogens is 1. The molecule has 3 atom stereocenters. The van der Waals surface area contributed by atoms with Gasteiger partial charge in [-0.15, -0.1) is 0 Å². The Morgan fingerprint density at radius 3 is 2.66 bits per heavy atom. The van der Waals surface area contributed by atoms with Gasteiger partial charge in [-0.3, -0.25) is 9.36 Å². The molecule has 0 amide bonds. The van der Waals surface area contributed by atoms with Gasteiger partial charge in [0.1, 0.15) is 0 Å². The lowest BCUT2D eigenvalue weighted by atomic mass is 9.64. The highest BCUT2D eigenvalue weighted by Crippen LogP contribution is 2.52. The summed E-state index contributed by atoms with van der Waals surface area (Å²) in [6.45, 7) is 2.90. The second kappa shape index (κ2) is 6.77. The number of nitrogens with one attached hydrogen (secondary N) is 1. The number of phenols is 2. The molecule has 1 saturated heterocycles. The van der Waals surface area contributed by atoms with Crippen molar-refractivity contribution >= 4 is 10.9 Å². The zero-order valence-corrected chi connectivity index (χ0v) is 15.9. The summed E-state index contributed by atoms with van der Waals surface area (Å²) in [6, 6.07) is 12.2. The number of nitrogens with zero attached hydrogens (tertiary/aromatic N) is 2. The smallest absolute Gasteiger partial charge is 0.328 e. The van der Waals surface area contributed by atoms with E-state index in [-0.39, 0.29) is 22.7 Å². The van der Waals surface area contributed by atoms with Gasteiger partial charge in [-0.05, 0) is 54.0 Å². The van der Waals surface area contributed by atoms with Gasteiger partial charge in [0.25, 0.3) is 5.56 Å². The SMILES string of the molecule is O=c1[nH]c2ccccc2c(=O)n1CCN1CC2CC(c3ccc(O)c(O)c3)C2C1. The summed E-state index contributed by atoms with van der Waals surface area (Å²) in [7, 11) is 0. The molecule has 1 aromatic heterocycles. The van der Waals surface area contributed by atoms with E-state index in [2.05, 4.69) is 9.88 Å². The van der Waals surface area contributed by atoms with Crippen LogP contribution in [0.25, 0.3) is 10.9 Å². The van der Waals surface area contributed by atoms with E-state index in [1.54, 1.807) is 36.4 Å². The molecule has 1 saturated carbocycles. The van der Waals surface area contributed by atoms with Crippen LogP contribution in [0.15, 0.2) is 52.1 Å². The van der Waals surface area contributed by atoms with Crippen LogP contribution in [0.5, 0.6) is 11.5 Å². The van der Waals surface area contributed by atoms with Crippen LogP contribution in [0.2, 0.25) is 0 Å². The first-order valence-electron chi connectivity index (χ1n) is 9.97. The van der Waals surface area contributed by atoms with Crippen molar-refractivity contribution in [3.63, 3.8) is 0 Å². The average Bonchev–Trinajstić information content (AvgIpc) is 3.01. The average molecular weight is 393 g/mol. The molecule has 0 bridgehead atoms. The maximum atomic E-state index is 12.7. The molecular weight excluding hydrogens is 370 g/mol. The number of aromatic hydroxyl groups is 2. The molecule has 150 valence electrons. The maximum absolute atomic E-state index is 12.7. The number of aromatic amines is 1. The monoisotopic (exact) mass is 393 g/mol. The predicted molar refractivity (Wildman–Crippen MR) is 109 cm³/mol. The normalized spacial score (nSPS) is 23.8. The van der Waals surface area contributed by atoms with Crippen molar-refractivity contribution in [1.82, 2.24) is 14.5 Å². The summed E-state index contributed by atoms with van der Waals surface area (Å²) in [6.07, 6.45) is 1.06. The van der Waals surface area contributed by atoms with Crippen molar-refractivity contribution in [2.45, 2.75) is 18.9 Å². The molecule has 2 fully saturated rings. The first-order chi connectivity index (χ1) is 14.0. The summed E-state index contributed by atoms with van der Waals surface area (Å²) in [5.41, 5.74) is 1.01. The predicted octanol–water partition coefficient (Wildman–Crippen LogP) is 1.84. The molecule has 2 aromatic carbocycles. The Hall–Kier alpha value is -3.06. The first-order valence-corrected chi connectivity index (χ1v) is 9.97. The van der Waals surface area contributed by atoms with Gasteiger partial charge in [0.2, 0.25) is 0 Å². The van der Waals surface area contributed by atoms with E-state index in [0.717, 1.165) is 25.1 Å². The summed E-state index contributed by atoms with van der Waals surface area (Å²) in [5, 5.41) is 19.8. The largest absolute Gasteiger partial charge is 0.504 e. The van der Waals surface area contributed by atoms with Crippen LogP contribution in [0.3, 0.4) is 0 Å². The number of fused-ring (bicyclic) bond motifs is 2. The van der Waals surface area contributed by atoms with Crippen LogP contribution in [-0.2, 0) is 6.54 Å². The van der Waals surface area contributed by atoms with Gasteiger partial charge in [0, 0.05) is 26.2 Å². The number of likely N-dealkylation sites (tertiary alicyclic amines) is 1. The number of benzene rings is 2. The molecule has 3 unspecified atom stereocenters. The number of para-hydroxylation sites is 1. The van der Waals surface area contributed by atoms with E-state index in [1.165, 1.54) is 4.57 Å². The minimum atomic E-state index is -0.367. The number of hydrogen-bond donors (Lipinski definition) is 3. The van der Waals surface area contributed by atoms with E-state index in [4.69, 9.17) is 0 Å². The third-order valence-corrected chi connectivity index (χ3v) is 6.60. The van der Waals surface area contributed by atoms with Gasteiger partial charge >= 0.3 is 5.69 Å². The van der Waals surface area contributed by atoms with E-state index in [0.29, 0.717) is 41.7 Å². The third kappa shape index (κ3) is 3.02. The fraction of sp³-hybridized carbons (Fsp3) is 0.364. The molecule has 7 heteroatoms. The van der Waals surface area contributed by atoms with Crippen molar-refractivity contribution in [2.24, 2.45) is 11.8 Å². The van der Waals surface area contributed by atoms with Crippen LogP contribution < -0.4 is 11.2 Å². The van der Waals surface area contributed by atoms with Crippen molar-refractivity contribution in [2.75, 3.05) is 19.6 Å². The molecule has 3 N–H and O–H groups in total. The Balaban J connectivity index is 1.28. The first kappa shape index (κ1) is 18.0. The Kier molecular flexibility index (Phi) is 4.20. The highest BCUT2D eigenvalue weighted by molar-refractivity contribution is 5.76. The van der Waals surface area contributed by atoms with E-state index in [9.17, 15) is 19.8 Å². The van der Waals surface area contributed by atoms with E-state index < -0.39 is 0 Å². The number of rotatable bonds is 4. The Morgan fingerprint density at radius 1 is 1.00 bits per heavy atom. The molecule has 2 heterocycles. The molecule has 1 aliphatic carbocycles. The molecule has 3 aromatic rings. The molecular formula is C22H23N3O4. The Labute approximate surface area is 166 Å². The van der Waals surface area contributed by atoms with Crippen LogP contribution in [0.1, 0.15) is 17.9 Å². The van der Waals surface area contributed by atoms with E-state index in [1.807, 2.05) is 6.07 Å². The lowest BCUT2D eigenvalue weighted by molar-refractivity contribution is 0.190. The number of phenolic OH excluding ortho intramolecular Hbond substituents is 2. The molecule has 0 spiro atoms. The van der Waals surface area contributed by atoms with Gasteiger partial charge in [-0.25, -0.2) is 4.79 Å². The highest BCUT2D eigenvalue weighted by Gasteiger charge is 2.47. The quantitative estimate of drug-likeness (QED) is 0.588. The van der Waals surface area contributed by atoms with E-state index >= 15 is 0 Å². The Morgan fingerprint density at radius 2 is 1.83 bits per heavy atom. The van der Waals surface area contributed by atoms with Crippen molar-refractivity contribution in [3.8, 4) is 11.5 Å². The summed E-state index contributed by atoms with van der Waals surface area (Å²) in [4.78, 5) is 30.1. The summed E-state index contributed by atoms with van der Waals surface area (Å²) in [5.74, 6) is 1.32. The minimum Gasteiger partial charge on any atom is -0.504 e. The molecule has 0 radical (unpaired) electrons. The number of aromatic nitrogens is 2. The third-order valence-electron chi connectivity index (χ3n) is 6.60. The van der Waals surface area contributed by atoms with Crippen LogP contribution in [0.4, 0.5) is 0 Å². The van der Waals surface area contributed by atoms with Crippen molar-refractivity contribution in [3.05, 3.63) is 68.9 Å². The molecule has 5 rings (SSSR count). The number of hydrogen-bond acceptors (Lipinski definition) is 5. The van der Waals surface area contributed by atoms with Crippen molar-refractivity contribution in [1.29, 1.82) is 0 Å². The second-order valence-corrected chi connectivity index (χ2v) is 8.21. The highest BCUT2D eigenvalue weighted by atomic mass is 16.3.